The quantitative estimate of drug-likeness (QED) is 0.417. The lowest BCUT2D eigenvalue weighted by Crippen LogP contribution is -2.40. The van der Waals surface area contributed by atoms with Crippen LogP contribution < -0.4 is 9.62 Å². The summed E-state index contributed by atoms with van der Waals surface area (Å²) in [7, 11) is -4.02. The number of carbonyl (C=O) groups excluding carboxylic acids is 1. The maximum atomic E-state index is 13.4. The van der Waals surface area contributed by atoms with Crippen LogP contribution in [0.25, 0.3) is 0 Å². The van der Waals surface area contributed by atoms with E-state index >= 15 is 0 Å². The van der Waals surface area contributed by atoms with Gasteiger partial charge in [-0.1, -0.05) is 65.7 Å². The number of nitrogens with one attached hydrogen (secondary N) is 1. The molecule has 3 aromatic rings. The normalized spacial score (nSPS) is 14.1. The Bertz CT molecular complexity index is 1280. The van der Waals surface area contributed by atoms with E-state index in [1.165, 1.54) is 48.7 Å². The van der Waals surface area contributed by atoms with Crippen LogP contribution in [0.2, 0.25) is 10.0 Å². The van der Waals surface area contributed by atoms with Crippen molar-refractivity contribution in [3.63, 3.8) is 0 Å². The van der Waals surface area contributed by atoms with Crippen molar-refractivity contribution in [2.45, 2.75) is 30.8 Å². The molecule has 1 fully saturated rings. The Kier molecular flexibility index (Phi) is 8.34. The van der Waals surface area contributed by atoms with E-state index in [0.29, 0.717) is 11.6 Å². The van der Waals surface area contributed by atoms with E-state index in [4.69, 9.17) is 23.2 Å². The molecule has 0 unspecified atom stereocenters. The van der Waals surface area contributed by atoms with Gasteiger partial charge in [0.15, 0.2) is 0 Å². The van der Waals surface area contributed by atoms with Gasteiger partial charge in [-0.25, -0.2) is 8.42 Å². The van der Waals surface area contributed by atoms with Gasteiger partial charge in [-0.15, -0.1) is 0 Å². The van der Waals surface area contributed by atoms with Gasteiger partial charge in [0.25, 0.3) is 10.0 Å². The van der Waals surface area contributed by atoms with E-state index in [1.807, 2.05) is 12.1 Å². The summed E-state index contributed by atoms with van der Waals surface area (Å²) in [5, 5.41) is 3.35. The number of anilines is 1. The second-order valence-electron chi connectivity index (χ2n) is 8.50. The number of carbonyl (C=O) groups is 1. The number of hydrogen-bond donors (Lipinski definition) is 1. The molecule has 1 aliphatic heterocycles. The van der Waals surface area contributed by atoms with Gasteiger partial charge in [0.05, 0.1) is 20.6 Å². The molecule has 1 saturated heterocycles. The van der Waals surface area contributed by atoms with Gasteiger partial charge in [0, 0.05) is 13.1 Å². The number of amides is 1. The van der Waals surface area contributed by atoms with Crippen LogP contribution in [0.15, 0.2) is 77.7 Å². The topological polar surface area (TPSA) is 69.7 Å². The molecular weight excluding hydrogens is 505 g/mol. The third-order valence-corrected chi connectivity index (χ3v) is 8.42. The lowest BCUT2D eigenvalue weighted by atomic mass is 10.1. The van der Waals surface area contributed by atoms with Crippen molar-refractivity contribution >= 4 is 44.8 Å². The Morgan fingerprint density at radius 2 is 1.60 bits per heavy atom. The molecule has 0 radical (unpaired) electrons. The van der Waals surface area contributed by atoms with E-state index in [-0.39, 0.29) is 15.6 Å². The summed E-state index contributed by atoms with van der Waals surface area (Å²) < 4.78 is 27.9. The van der Waals surface area contributed by atoms with Gasteiger partial charge < -0.3 is 5.32 Å². The van der Waals surface area contributed by atoms with Crippen molar-refractivity contribution in [2.75, 3.05) is 23.9 Å². The molecule has 0 bridgehead atoms. The van der Waals surface area contributed by atoms with Crippen molar-refractivity contribution in [1.82, 2.24) is 10.2 Å². The number of hydrogen-bond acceptors (Lipinski definition) is 4. The first-order chi connectivity index (χ1) is 16.8. The SMILES string of the molecule is O=C(CN(c1ccc(Cl)c(Cl)c1)S(=O)(=O)c1ccccc1)NCc1cccc(CN2CCCC2)c1. The van der Waals surface area contributed by atoms with Gasteiger partial charge in [0.2, 0.25) is 5.91 Å². The number of likely N-dealkylation sites (tertiary alicyclic amines) is 1. The van der Waals surface area contributed by atoms with E-state index in [1.54, 1.807) is 18.2 Å². The van der Waals surface area contributed by atoms with Crippen LogP contribution in [-0.2, 0) is 27.9 Å². The largest absolute Gasteiger partial charge is 0.350 e. The second-order valence-corrected chi connectivity index (χ2v) is 11.2. The zero-order valence-corrected chi connectivity index (χ0v) is 21.5. The first kappa shape index (κ1) is 25.5. The van der Waals surface area contributed by atoms with Crippen molar-refractivity contribution in [1.29, 1.82) is 0 Å². The number of rotatable bonds is 9. The van der Waals surface area contributed by atoms with Gasteiger partial charge in [-0.05, 0) is 67.4 Å². The number of halogens is 2. The molecule has 1 amide bonds. The summed E-state index contributed by atoms with van der Waals surface area (Å²) in [6.07, 6.45) is 2.47. The van der Waals surface area contributed by atoms with E-state index in [2.05, 4.69) is 22.3 Å². The first-order valence-corrected chi connectivity index (χ1v) is 13.6. The molecule has 1 aliphatic rings. The Morgan fingerprint density at radius 1 is 0.886 bits per heavy atom. The summed E-state index contributed by atoms with van der Waals surface area (Å²) in [5.41, 5.74) is 2.41. The predicted molar refractivity (Wildman–Crippen MR) is 140 cm³/mol. The lowest BCUT2D eigenvalue weighted by Gasteiger charge is -2.24. The summed E-state index contributed by atoms with van der Waals surface area (Å²) in [6, 6.07) is 20.6. The lowest BCUT2D eigenvalue weighted by molar-refractivity contribution is -0.119. The average Bonchev–Trinajstić information content (AvgIpc) is 3.37. The van der Waals surface area contributed by atoms with Gasteiger partial charge in [-0.3, -0.25) is 14.0 Å². The molecule has 35 heavy (non-hydrogen) atoms. The highest BCUT2D eigenvalue weighted by Gasteiger charge is 2.27. The Labute approximate surface area is 216 Å². The zero-order chi connectivity index (χ0) is 24.8. The smallest absolute Gasteiger partial charge is 0.264 e. The van der Waals surface area contributed by atoms with Crippen molar-refractivity contribution < 1.29 is 13.2 Å². The third-order valence-electron chi connectivity index (χ3n) is 5.90. The number of benzene rings is 3. The van der Waals surface area contributed by atoms with Crippen LogP contribution in [0.5, 0.6) is 0 Å². The van der Waals surface area contributed by atoms with Gasteiger partial charge >= 0.3 is 0 Å². The van der Waals surface area contributed by atoms with Crippen LogP contribution in [0.1, 0.15) is 24.0 Å². The van der Waals surface area contributed by atoms with Gasteiger partial charge in [-0.2, -0.15) is 0 Å². The summed E-state index contributed by atoms with van der Waals surface area (Å²) in [6.45, 7) is 3.01. The molecule has 0 aliphatic carbocycles. The second kappa shape index (κ2) is 11.4. The summed E-state index contributed by atoms with van der Waals surface area (Å²) >= 11 is 12.2. The maximum absolute atomic E-state index is 13.4. The number of nitrogens with zero attached hydrogens (tertiary/aromatic N) is 2. The molecule has 9 heteroatoms. The molecule has 3 aromatic carbocycles. The Balaban J connectivity index is 1.49. The molecule has 0 aromatic heterocycles. The minimum atomic E-state index is -4.02. The Hall–Kier alpha value is -2.58. The minimum absolute atomic E-state index is 0.0773. The molecule has 0 atom stereocenters. The summed E-state index contributed by atoms with van der Waals surface area (Å²) in [4.78, 5) is 15.4. The fourth-order valence-electron chi connectivity index (χ4n) is 4.10. The Morgan fingerprint density at radius 3 is 2.31 bits per heavy atom. The molecule has 184 valence electrons. The molecule has 0 spiro atoms. The van der Waals surface area contributed by atoms with Crippen LogP contribution in [-0.4, -0.2) is 38.9 Å². The standard InChI is InChI=1S/C26H27Cl2N3O3S/c27-24-12-11-22(16-25(24)28)31(35(33,34)23-9-2-1-3-10-23)19-26(32)29-17-20-7-6-8-21(15-20)18-30-13-4-5-14-30/h1-3,6-12,15-16H,4-5,13-14,17-19H2,(H,29,32). The van der Waals surface area contributed by atoms with Gasteiger partial charge in [0.1, 0.15) is 6.54 Å². The van der Waals surface area contributed by atoms with Crippen molar-refractivity contribution in [2.24, 2.45) is 0 Å². The molecule has 0 saturated carbocycles. The van der Waals surface area contributed by atoms with Crippen LogP contribution >= 0.6 is 23.2 Å². The fraction of sp³-hybridized carbons (Fsp3) is 0.269. The van der Waals surface area contributed by atoms with E-state index in [9.17, 15) is 13.2 Å². The van der Waals surface area contributed by atoms with Crippen LogP contribution in [0.4, 0.5) is 5.69 Å². The highest BCUT2D eigenvalue weighted by molar-refractivity contribution is 7.92. The summed E-state index contributed by atoms with van der Waals surface area (Å²) in [5.74, 6) is -0.430. The van der Waals surface area contributed by atoms with Crippen molar-refractivity contribution in [3.8, 4) is 0 Å². The van der Waals surface area contributed by atoms with E-state index < -0.39 is 22.5 Å². The first-order valence-electron chi connectivity index (χ1n) is 11.4. The van der Waals surface area contributed by atoms with Crippen molar-refractivity contribution in [3.05, 3.63) is 94.0 Å². The third kappa shape index (κ3) is 6.55. The molecule has 1 heterocycles. The predicted octanol–water partition coefficient (Wildman–Crippen LogP) is 5.10. The average molecular weight is 532 g/mol. The minimum Gasteiger partial charge on any atom is -0.350 e. The number of sulfonamides is 1. The maximum Gasteiger partial charge on any atom is 0.264 e. The monoisotopic (exact) mass is 531 g/mol. The van der Waals surface area contributed by atoms with Crippen LogP contribution in [0.3, 0.4) is 0 Å². The molecule has 6 nitrogen and oxygen atoms in total. The highest BCUT2D eigenvalue weighted by Crippen LogP contribution is 2.30. The van der Waals surface area contributed by atoms with Crippen LogP contribution in [0, 0.1) is 0 Å². The molecule has 4 rings (SSSR count). The molecular formula is C26H27Cl2N3O3S. The fourth-order valence-corrected chi connectivity index (χ4v) is 5.83. The van der Waals surface area contributed by atoms with E-state index in [0.717, 1.165) is 29.5 Å². The highest BCUT2D eigenvalue weighted by atomic mass is 35.5. The molecule has 1 N–H and O–H groups in total. The zero-order valence-electron chi connectivity index (χ0n) is 19.2.